The van der Waals surface area contributed by atoms with Crippen LogP contribution in [0.4, 0.5) is 0 Å². The van der Waals surface area contributed by atoms with Gasteiger partial charge in [0.1, 0.15) is 17.2 Å². The fourth-order valence-corrected chi connectivity index (χ4v) is 4.26. The summed E-state index contributed by atoms with van der Waals surface area (Å²) in [5.74, 6) is 2.31. The smallest absolute Gasteiger partial charge is 0.193 e. The highest BCUT2D eigenvalue weighted by Crippen LogP contribution is 2.30. The molecular weight excluding hydrogens is 432 g/mol. The van der Waals surface area contributed by atoms with Gasteiger partial charge in [0.2, 0.25) is 0 Å². The maximum atomic E-state index is 13.0. The average molecular weight is 473 g/mol. The van der Waals surface area contributed by atoms with E-state index in [-0.39, 0.29) is 17.3 Å². The van der Waals surface area contributed by atoms with Crippen LogP contribution < -0.4 is 9.47 Å². The standard InChI is InChI=1S/C32H40O3/c1-6-9-23-32(4,5)26-15-11-24(12-16-26)31(33)25-13-17-28(18-14-25)35-30-21-19-29(20-22-30)34-27(8-3)10-7-2/h11-22,27H,6-10,23H2,1-5H3. The molecule has 0 spiro atoms. The summed E-state index contributed by atoms with van der Waals surface area (Å²) in [6.45, 7) is 11.1. The molecule has 3 aromatic carbocycles. The molecule has 0 aliphatic carbocycles. The van der Waals surface area contributed by atoms with Crippen LogP contribution >= 0.6 is 0 Å². The molecule has 3 nitrogen and oxygen atoms in total. The van der Waals surface area contributed by atoms with E-state index in [1.54, 1.807) is 0 Å². The van der Waals surface area contributed by atoms with Crippen molar-refractivity contribution in [1.82, 2.24) is 0 Å². The van der Waals surface area contributed by atoms with E-state index in [2.05, 4.69) is 46.8 Å². The molecule has 186 valence electrons. The van der Waals surface area contributed by atoms with E-state index in [1.165, 1.54) is 18.4 Å². The molecule has 1 unspecified atom stereocenters. The van der Waals surface area contributed by atoms with Gasteiger partial charge in [-0.3, -0.25) is 4.79 Å². The van der Waals surface area contributed by atoms with Crippen molar-refractivity contribution >= 4 is 5.78 Å². The third-order valence-electron chi connectivity index (χ3n) is 6.63. The molecule has 0 aliphatic rings. The first-order valence-corrected chi connectivity index (χ1v) is 13.1. The summed E-state index contributed by atoms with van der Waals surface area (Å²) >= 11 is 0. The molecule has 0 radical (unpaired) electrons. The number of rotatable bonds is 13. The zero-order chi connectivity index (χ0) is 25.3. The number of ketones is 1. The van der Waals surface area contributed by atoms with Crippen molar-refractivity contribution in [2.45, 2.75) is 84.7 Å². The highest BCUT2D eigenvalue weighted by atomic mass is 16.5. The molecular formula is C32H40O3. The maximum Gasteiger partial charge on any atom is 0.193 e. The Labute approximate surface area is 211 Å². The minimum absolute atomic E-state index is 0.0218. The Morgan fingerprint density at radius 3 is 1.77 bits per heavy atom. The topological polar surface area (TPSA) is 35.5 Å². The molecule has 0 amide bonds. The van der Waals surface area contributed by atoms with Gasteiger partial charge in [-0.1, -0.05) is 78.1 Å². The molecule has 0 fully saturated rings. The summed E-state index contributed by atoms with van der Waals surface area (Å²) in [7, 11) is 0. The molecule has 0 aromatic heterocycles. The lowest BCUT2D eigenvalue weighted by Gasteiger charge is -2.25. The van der Waals surface area contributed by atoms with Crippen LogP contribution in [0.2, 0.25) is 0 Å². The molecule has 0 heterocycles. The van der Waals surface area contributed by atoms with Crippen LogP contribution in [0.25, 0.3) is 0 Å². The molecule has 3 rings (SSSR count). The van der Waals surface area contributed by atoms with Crippen LogP contribution in [0.1, 0.15) is 94.6 Å². The maximum absolute atomic E-state index is 13.0. The van der Waals surface area contributed by atoms with Gasteiger partial charge in [-0.2, -0.15) is 0 Å². The van der Waals surface area contributed by atoms with Crippen molar-refractivity contribution in [2.75, 3.05) is 0 Å². The van der Waals surface area contributed by atoms with Gasteiger partial charge in [-0.05, 0) is 78.8 Å². The van der Waals surface area contributed by atoms with Gasteiger partial charge >= 0.3 is 0 Å². The number of carbonyl (C=O) groups is 1. The van der Waals surface area contributed by atoms with Gasteiger partial charge in [-0.15, -0.1) is 0 Å². The number of benzene rings is 3. The van der Waals surface area contributed by atoms with Gasteiger partial charge in [0.15, 0.2) is 5.78 Å². The molecule has 3 heteroatoms. The van der Waals surface area contributed by atoms with Gasteiger partial charge in [0.25, 0.3) is 0 Å². The Balaban J connectivity index is 1.61. The molecule has 0 bridgehead atoms. The van der Waals surface area contributed by atoms with Crippen molar-refractivity contribution in [3.8, 4) is 17.2 Å². The lowest BCUT2D eigenvalue weighted by atomic mass is 9.80. The van der Waals surface area contributed by atoms with E-state index < -0.39 is 0 Å². The van der Waals surface area contributed by atoms with E-state index >= 15 is 0 Å². The Morgan fingerprint density at radius 1 is 0.743 bits per heavy atom. The lowest BCUT2D eigenvalue weighted by molar-refractivity contribution is 0.103. The first-order valence-electron chi connectivity index (χ1n) is 13.1. The van der Waals surface area contributed by atoms with Crippen LogP contribution in [-0.4, -0.2) is 11.9 Å². The second kappa shape index (κ2) is 12.6. The van der Waals surface area contributed by atoms with Crippen molar-refractivity contribution in [3.05, 3.63) is 89.5 Å². The fourth-order valence-electron chi connectivity index (χ4n) is 4.26. The monoisotopic (exact) mass is 472 g/mol. The number of carbonyl (C=O) groups excluding carboxylic acids is 1. The van der Waals surface area contributed by atoms with Gasteiger partial charge in [0.05, 0.1) is 6.10 Å². The molecule has 35 heavy (non-hydrogen) atoms. The van der Waals surface area contributed by atoms with Gasteiger partial charge in [0, 0.05) is 11.1 Å². The minimum Gasteiger partial charge on any atom is -0.490 e. The van der Waals surface area contributed by atoms with Crippen LogP contribution in [0.3, 0.4) is 0 Å². The Bertz CT molecular complexity index is 1050. The summed E-state index contributed by atoms with van der Waals surface area (Å²) in [6, 6.07) is 23.1. The van der Waals surface area contributed by atoms with Crippen molar-refractivity contribution in [3.63, 3.8) is 0 Å². The van der Waals surface area contributed by atoms with Gasteiger partial charge < -0.3 is 9.47 Å². The average Bonchev–Trinajstić information content (AvgIpc) is 2.88. The SMILES string of the molecule is CCCCC(C)(C)c1ccc(C(=O)c2ccc(Oc3ccc(OC(CC)CCC)cc3)cc2)cc1. The second-order valence-electron chi connectivity index (χ2n) is 9.93. The highest BCUT2D eigenvalue weighted by Gasteiger charge is 2.20. The number of unbranched alkanes of at least 4 members (excludes halogenated alkanes) is 1. The molecule has 0 saturated heterocycles. The largest absolute Gasteiger partial charge is 0.490 e. The van der Waals surface area contributed by atoms with Crippen LogP contribution in [-0.2, 0) is 5.41 Å². The van der Waals surface area contributed by atoms with E-state index in [0.717, 1.165) is 37.2 Å². The molecule has 0 aliphatic heterocycles. The van der Waals surface area contributed by atoms with Crippen LogP contribution in [0, 0.1) is 0 Å². The highest BCUT2D eigenvalue weighted by molar-refractivity contribution is 6.09. The third-order valence-corrected chi connectivity index (χ3v) is 6.63. The summed E-state index contributed by atoms with van der Waals surface area (Å²) in [5, 5.41) is 0. The summed E-state index contributed by atoms with van der Waals surface area (Å²) in [5.41, 5.74) is 2.75. The predicted octanol–water partition coefficient (Wildman–Crippen LogP) is 9.14. The normalized spacial score (nSPS) is 12.3. The zero-order valence-electron chi connectivity index (χ0n) is 22.0. The Hall–Kier alpha value is -3.07. The summed E-state index contributed by atoms with van der Waals surface area (Å²) in [4.78, 5) is 13.0. The van der Waals surface area contributed by atoms with Crippen LogP contribution in [0.5, 0.6) is 17.2 Å². The number of hydrogen-bond acceptors (Lipinski definition) is 3. The fraction of sp³-hybridized carbons (Fsp3) is 0.406. The molecule has 3 aromatic rings. The van der Waals surface area contributed by atoms with Crippen LogP contribution in [0.15, 0.2) is 72.8 Å². The first kappa shape index (κ1) is 26.5. The predicted molar refractivity (Wildman–Crippen MR) is 145 cm³/mol. The second-order valence-corrected chi connectivity index (χ2v) is 9.93. The Kier molecular flexibility index (Phi) is 9.54. The van der Waals surface area contributed by atoms with E-state index in [1.807, 2.05) is 60.7 Å². The molecule has 0 saturated carbocycles. The third kappa shape index (κ3) is 7.45. The number of ether oxygens (including phenoxy) is 2. The first-order chi connectivity index (χ1) is 16.9. The Morgan fingerprint density at radius 2 is 1.26 bits per heavy atom. The van der Waals surface area contributed by atoms with Crippen molar-refractivity contribution in [1.29, 1.82) is 0 Å². The zero-order valence-corrected chi connectivity index (χ0v) is 22.0. The van der Waals surface area contributed by atoms with E-state index in [4.69, 9.17) is 9.47 Å². The lowest BCUT2D eigenvalue weighted by Crippen LogP contribution is -2.17. The van der Waals surface area contributed by atoms with Crippen molar-refractivity contribution in [2.24, 2.45) is 0 Å². The summed E-state index contributed by atoms with van der Waals surface area (Å²) < 4.78 is 12.0. The van der Waals surface area contributed by atoms with E-state index in [9.17, 15) is 4.79 Å². The van der Waals surface area contributed by atoms with E-state index in [0.29, 0.717) is 16.9 Å². The van der Waals surface area contributed by atoms with Crippen molar-refractivity contribution < 1.29 is 14.3 Å². The number of hydrogen-bond donors (Lipinski definition) is 0. The minimum atomic E-state index is 0.0218. The van der Waals surface area contributed by atoms with Gasteiger partial charge in [-0.25, -0.2) is 0 Å². The molecule has 0 N–H and O–H groups in total. The summed E-state index contributed by atoms with van der Waals surface area (Å²) in [6.07, 6.45) is 6.96. The molecule has 1 atom stereocenters. The quantitative estimate of drug-likeness (QED) is 0.233.